The van der Waals surface area contributed by atoms with Crippen molar-refractivity contribution in [2.45, 2.75) is 19.3 Å². The lowest BCUT2D eigenvalue weighted by molar-refractivity contribution is 0.251. The van der Waals surface area contributed by atoms with E-state index in [9.17, 15) is 0 Å². The van der Waals surface area contributed by atoms with Crippen molar-refractivity contribution in [3.8, 4) is 0 Å². The summed E-state index contributed by atoms with van der Waals surface area (Å²) in [6, 6.07) is 0. The summed E-state index contributed by atoms with van der Waals surface area (Å²) in [7, 11) is 0. The lowest BCUT2D eigenvalue weighted by Gasteiger charge is -2.08. The summed E-state index contributed by atoms with van der Waals surface area (Å²) in [6.45, 7) is -1.00. The molecule has 7 heteroatoms. The predicted octanol–water partition coefficient (Wildman–Crippen LogP) is -0.0693. The molecule has 0 aromatic carbocycles. The van der Waals surface area contributed by atoms with Crippen LogP contribution in [0.1, 0.15) is 19.3 Å². The largest absolute Gasteiger partial charge is 0.330 e. The van der Waals surface area contributed by atoms with Gasteiger partial charge in [0.05, 0.1) is 6.61 Å². The molecule has 0 saturated carbocycles. The van der Waals surface area contributed by atoms with Gasteiger partial charge in [0.15, 0.2) is 0 Å². The molecule has 0 radical (unpaired) electrons. The van der Waals surface area contributed by atoms with Gasteiger partial charge >= 0.3 is 6.72 Å². The third-order valence-electron chi connectivity index (χ3n) is 1.60. The van der Waals surface area contributed by atoms with Crippen molar-refractivity contribution in [2.24, 2.45) is 5.73 Å². The first-order chi connectivity index (χ1) is 6.56. The van der Waals surface area contributed by atoms with E-state index in [4.69, 9.17) is 15.5 Å². The first-order valence-electron chi connectivity index (χ1n) is 4.67. The molecule has 0 aromatic rings. The monoisotopic (exact) mass is 242 g/mol. The van der Waals surface area contributed by atoms with Gasteiger partial charge in [0, 0.05) is 6.54 Å². The summed E-state index contributed by atoms with van der Waals surface area (Å²) in [4.78, 5) is 17.4. The SMILES string of the molecule is NCCCCCNCCOP(O)(O)=S. The molecule has 0 amide bonds. The maximum atomic E-state index is 8.71. The molecular weight excluding hydrogens is 223 g/mol. The van der Waals surface area contributed by atoms with Crippen molar-refractivity contribution in [3.05, 3.63) is 0 Å². The Balaban J connectivity index is 3.03. The van der Waals surface area contributed by atoms with Crippen molar-refractivity contribution in [3.63, 3.8) is 0 Å². The smallest absolute Gasteiger partial charge is 0.321 e. The summed E-state index contributed by atoms with van der Waals surface area (Å²) in [5, 5.41) is 3.10. The van der Waals surface area contributed by atoms with Gasteiger partial charge in [-0.15, -0.1) is 0 Å². The minimum Gasteiger partial charge on any atom is -0.330 e. The fourth-order valence-electron chi connectivity index (χ4n) is 0.933. The van der Waals surface area contributed by atoms with Gasteiger partial charge in [-0.25, -0.2) is 0 Å². The van der Waals surface area contributed by atoms with Gasteiger partial charge in [0.25, 0.3) is 0 Å². The van der Waals surface area contributed by atoms with Crippen LogP contribution in [0.5, 0.6) is 0 Å². The Morgan fingerprint density at radius 2 is 1.93 bits per heavy atom. The first-order valence-corrected chi connectivity index (χ1v) is 7.29. The second-order valence-electron chi connectivity index (χ2n) is 2.92. The van der Waals surface area contributed by atoms with Crippen LogP contribution in [0.15, 0.2) is 0 Å². The normalized spacial score (nSPS) is 11.9. The average molecular weight is 242 g/mol. The topological polar surface area (TPSA) is 87.7 Å². The van der Waals surface area contributed by atoms with Crippen molar-refractivity contribution in [2.75, 3.05) is 26.2 Å². The van der Waals surface area contributed by atoms with Crippen LogP contribution in [0, 0.1) is 0 Å². The first kappa shape index (κ1) is 14.5. The molecule has 5 nitrogen and oxygen atoms in total. The summed E-state index contributed by atoms with van der Waals surface area (Å²) >= 11 is 4.28. The average Bonchev–Trinajstić information content (AvgIpc) is 2.08. The van der Waals surface area contributed by atoms with E-state index in [0.717, 1.165) is 32.4 Å². The van der Waals surface area contributed by atoms with Gasteiger partial charge in [-0.1, -0.05) is 6.42 Å². The Morgan fingerprint density at radius 1 is 1.21 bits per heavy atom. The molecule has 0 unspecified atom stereocenters. The lowest BCUT2D eigenvalue weighted by atomic mass is 10.2. The number of unbranched alkanes of at least 4 members (excludes halogenated alkanes) is 2. The zero-order valence-electron chi connectivity index (χ0n) is 8.19. The summed E-state index contributed by atoms with van der Waals surface area (Å²) < 4.78 is 4.61. The Hall–Kier alpha value is 0.450. The number of rotatable bonds is 9. The minimum absolute atomic E-state index is 0.237. The van der Waals surface area contributed by atoms with Crippen LogP contribution in [0.2, 0.25) is 0 Å². The number of nitrogens with one attached hydrogen (secondary N) is 1. The third-order valence-corrected chi connectivity index (χ3v) is 2.43. The maximum Gasteiger partial charge on any atom is 0.321 e. The molecule has 0 fully saturated rings. The van der Waals surface area contributed by atoms with E-state index < -0.39 is 6.72 Å². The Labute approximate surface area is 89.9 Å². The van der Waals surface area contributed by atoms with E-state index in [1.54, 1.807) is 0 Å². The molecule has 86 valence electrons. The fraction of sp³-hybridized carbons (Fsp3) is 1.00. The van der Waals surface area contributed by atoms with Gasteiger partial charge in [-0.3, -0.25) is 0 Å². The molecule has 0 aliphatic heterocycles. The van der Waals surface area contributed by atoms with Crippen LogP contribution in [-0.4, -0.2) is 36.0 Å². The van der Waals surface area contributed by atoms with Crippen LogP contribution in [0.4, 0.5) is 0 Å². The Morgan fingerprint density at radius 3 is 2.50 bits per heavy atom. The molecule has 0 saturated heterocycles. The number of nitrogens with two attached hydrogens (primary N) is 1. The van der Waals surface area contributed by atoms with Crippen LogP contribution in [-0.2, 0) is 16.3 Å². The van der Waals surface area contributed by atoms with Crippen LogP contribution in [0.25, 0.3) is 0 Å². The van der Waals surface area contributed by atoms with Crippen molar-refractivity contribution < 1.29 is 14.3 Å². The van der Waals surface area contributed by atoms with Crippen molar-refractivity contribution in [1.82, 2.24) is 5.32 Å². The minimum atomic E-state index is -3.46. The summed E-state index contributed by atoms with van der Waals surface area (Å²) in [5.41, 5.74) is 5.33. The molecule has 5 N–H and O–H groups in total. The van der Waals surface area contributed by atoms with Crippen LogP contribution >= 0.6 is 6.72 Å². The standard InChI is InChI=1S/C7H19N2O3PS/c8-4-2-1-3-5-9-6-7-12-13(10,11)14/h9H,1-8H2,(H2,10,11,14). The Bertz CT molecular complexity index is 176. The number of hydrogen-bond donors (Lipinski definition) is 4. The van der Waals surface area contributed by atoms with E-state index >= 15 is 0 Å². The van der Waals surface area contributed by atoms with Gasteiger partial charge in [0.1, 0.15) is 0 Å². The molecule has 0 spiro atoms. The van der Waals surface area contributed by atoms with Crippen molar-refractivity contribution >= 4 is 18.5 Å². The third kappa shape index (κ3) is 12.4. The van der Waals surface area contributed by atoms with Crippen LogP contribution in [0.3, 0.4) is 0 Å². The molecular formula is C7H19N2O3PS. The lowest BCUT2D eigenvalue weighted by Crippen LogP contribution is -2.20. The van der Waals surface area contributed by atoms with E-state index in [-0.39, 0.29) is 6.61 Å². The quantitative estimate of drug-likeness (QED) is 0.334. The van der Waals surface area contributed by atoms with E-state index in [1.165, 1.54) is 0 Å². The van der Waals surface area contributed by atoms with Gasteiger partial charge in [-0.05, 0) is 37.7 Å². The molecule has 0 atom stereocenters. The van der Waals surface area contributed by atoms with E-state index in [2.05, 4.69) is 21.6 Å². The van der Waals surface area contributed by atoms with E-state index in [1.807, 2.05) is 0 Å². The van der Waals surface area contributed by atoms with E-state index in [0.29, 0.717) is 6.54 Å². The van der Waals surface area contributed by atoms with Gasteiger partial charge in [0.2, 0.25) is 0 Å². The zero-order chi connectivity index (χ0) is 10.9. The molecule has 0 aromatic heterocycles. The molecule has 0 aliphatic rings. The molecule has 0 aliphatic carbocycles. The Kier molecular flexibility index (Phi) is 9.01. The second-order valence-corrected chi connectivity index (χ2v) is 5.59. The van der Waals surface area contributed by atoms with Gasteiger partial charge in [-0.2, -0.15) is 0 Å². The molecule has 0 rings (SSSR count). The highest BCUT2D eigenvalue weighted by Gasteiger charge is 2.05. The van der Waals surface area contributed by atoms with Crippen molar-refractivity contribution in [1.29, 1.82) is 0 Å². The maximum absolute atomic E-state index is 8.71. The summed E-state index contributed by atoms with van der Waals surface area (Å²) in [6.07, 6.45) is 3.23. The van der Waals surface area contributed by atoms with Gasteiger partial charge < -0.3 is 25.4 Å². The highest BCUT2D eigenvalue weighted by molar-refractivity contribution is 8.06. The highest BCUT2D eigenvalue weighted by atomic mass is 32.5. The number of hydrogen-bond acceptors (Lipinski definition) is 4. The summed E-state index contributed by atoms with van der Waals surface area (Å²) in [5.74, 6) is 0. The molecule has 14 heavy (non-hydrogen) atoms. The molecule has 0 bridgehead atoms. The second kappa shape index (κ2) is 8.73. The fourth-order valence-corrected chi connectivity index (χ4v) is 1.49. The predicted molar refractivity (Wildman–Crippen MR) is 60.4 cm³/mol. The van der Waals surface area contributed by atoms with Crippen LogP contribution < -0.4 is 11.1 Å². The molecule has 0 heterocycles. The zero-order valence-corrected chi connectivity index (χ0v) is 9.90. The highest BCUT2D eigenvalue weighted by Crippen LogP contribution is 2.35.